The second kappa shape index (κ2) is 11.1. The molecule has 0 unspecified atom stereocenters. The van der Waals surface area contributed by atoms with Gasteiger partial charge in [0.25, 0.3) is 0 Å². The molecular weight excluding hydrogens is 503 g/mol. The van der Waals surface area contributed by atoms with Crippen molar-refractivity contribution in [1.29, 1.82) is 0 Å². The summed E-state index contributed by atoms with van der Waals surface area (Å²) in [5, 5.41) is 15.0. The Kier molecular flexibility index (Phi) is 7.27. The van der Waals surface area contributed by atoms with Crippen molar-refractivity contribution >= 4 is 45.4 Å². The van der Waals surface area contributed by atoms with E-state index in [0.29, 0.717) is 0 Å². The van der Waals surface area contributed by atoms with E-state index in [9.17, 15) is 4.39 Å². The van der Waals surface area contributed by atoms with E-state index in [-0.39, 0.29) is 10.8 Å². The average Bonchev–Trinajstić information content (AvgIpc) is 2.97. The highest BCUT2D eigenvalue weighted by Gasteiger charge is 2.21. The number of nitrogens with zero attached hydrogens (tertiary/aromatic N) is 5. The van der Waals surface area contributed by atoms with Crippen molar-refractivity contribution in [3.05, 3.63) is 83.1 Å². The van der Waals surface area contributed by atoms with Gasteiger partial charge in [-0.25, -0.2) is 4.39 Å². The van der Waals surface area contributed by atoms with Crippen molar-refractivity contribution in [2.75, 3.05) is 67.6 Å². The van der Waals surface area contributed by atoms with E-state index in [0.717, 1.165) is 92.7 Å². The molecule has 7 nitrogen and oxygen atoms in total. The number of hydrogen-bond acceptors (Lipinski definition) is 7. The van der Waals surface area contributed by atoms with Gasteiger partial charge in [-0.3, -0.25) is 4.90 Å². The molecule has 2 fully saturated rings. The van der Waals surface area contributed by atoms with Crippen molar-refractivity contribution < 1.29 is 9.13 Å². The standard InChI is InChI=1S/C29H30ClFN6O/c30-26-19-21(5-10-27(26)31)20-35-11-13-37(14-12-35)29-25-4-2-1-3-24(25)28(33-34-29)32-22-6-8-23(9-7-22)36-15-17-38-18-16-36/h1-10,19H,11-18,20H2,(H,32,33). The van der Waals surface area contributed by atoms with E-state index in [1.165, 1.54) is 11.8 Å². The lowest BCUT2D eigenvalue weighted by molar-refractivity contribution is 0.122. The highest BCUT2D eigenvalue weighted by atomic mass is 35.5. The first-order valence-corrected chi connectivity index (χ1v) is 13.4. The lowest BCUT2D eigenvalue weighted by Gasteiger charge is -2.35. The molecule has 0 aliphatic carbocycles. The summed E-state index contributed by atoms with van der Waals surface area (Å²) < 4.78 is 19.0. The zero-order valence-electron chi connectivity index (χ0n) is 21.1. The maximum atomic E-state index is 13.5. The third kappa shape index (κ3) is 5.38. The Balaban J connectivity index is 1.15. The van der Waals surface area contributed by atoms with Gasteiger partial charge >= 0.3 is 0 Å². The molecule has 4 aromatic rings. The molecular formula is C29H30ClFN6O. The van der Waals surface area contributed by atoms with E-state index in [4.69, 9.17) is 16.3 Å². The fourth-order valence-corrected chi connectivity index (χ4v) is 5.35. The zero-order chi connectivity index (χ0) is 25.9. The summed E-state index contributed by atoms with van der Waals surface area (Å²) in [4.78, 5) is 6.99. The topological polar surface area (TPSA) is 56.8 Å². The van der Waals surface area contributed by atoms with Crippen LogP contribution >= 0.6 is 11.6 Å². The Bertz CT molecular complexity index is 1400. The number of rotatable bonds is 6. The molecule has 0 bridgehead atoms. The van der Waals surface area contributed by atoms with Crippen molar-refractivity contribution in [2.45, 2.75) is 6.54 Å². The number of ether oxygens (including phenoxy) is 1. The van der Waals surface area contributed by atoms with Gasteiger partial charge in [-0.15, -0.1) is 10.2 Å². The van der Waals surface area contributed by atoms with E-state index in [1.54, 1.807) is 12.1 Å². The summed E-state index contributed by atoms with van der Waals surface area (Å²) in [6.45, 7) is 7.54. The van der Waals surface area contributed by atoms with Gasteiger partial charge in [0.1, 0.15) is 5.82 Å². The zero-order valence-corrected chi connectivity index (χ0v) is 21.9. The van der Waals surface area contributed by atoms with Crippen molar-refractivity contribution in [3.8, 4) is 0 Å². The first kappa shape index (κ1) is 24.9. The van der Waals surface area contributed by atoms with E-state index in [2.05, 4.69) is 66.6 Å². The predicted molar refractivity (Wildman–Crippen MR) is 151 cm³/mol. The largest absolute Gasteiger partial charge is 0.378 e. The molecule has 2 aliphatic heterocycles. The van der Waals surface area contributed by atoms with Crippen LogP contribution in [0.5, 0.6) is 0 Å². The fraction of sp³-hybridized carbons (Fsp3) is 0.310. The summed E-state index contributed by atoms with van der Waals surface area (Å²) in [5.74, 6) is 1.27. The highest BCUT2D eigenvalue weighted by Crippen LogP contribution is 2.31. The fourth-order valence-electron chi connectivity index (χ4n) is 5.14. The molecule has 9 heteroatoms. The summed E-state index contributed by atoms with van der Waals surface area (Å²) in [5.41, 5.74) is 3.19. The summed E-state index contributed by atoms with van der Waals surface area (Å²) >= 11 is 5.96. The monoisotopic (exact) mass is 532 g/mol. The number of anilines is 4. The quantitative estimate of drug-likeness (QED) is 0.360. The Morgan fingerprint density at radius 1 is 0.816 bits per heavy atom. The molecule has 6 rings (SSSR count). The number of fused-ring (bicyclic) bond motifs is 1. The lowest BCUT2D eigenvalue weighted by atomic mass is 10.1. The normalized spacial score (nSPS) is 16.7. The van der Waals surface area contributed by atoms with Gasteiger partial charge in [0, 0.05) is 68.0 Å². The molecule has 38 heavy (non-hydrogen) atoms. The number of benzene rings is 3. The van der Waals surface area contributed by atoms with Crippen LogP contribution in [0.3, 0.4) is 0 Å². The molecule has 0 atom stereocenters. The lowest BCUT2D eigenvalue weighted by Crippen LogP contribution is -2.46. The first-order chi connectivity index (χ1) is 18.6. The van der Waals surface area contributed by atoms with Crippen LogP contribution < -0.4 is 15.1 Å². The number of nitrogens with one attached hydrogen (secondary N) is 1. The molecule has 3 aromatic carbocycles. The van der Waals surface area contributed by atoms with Gasteiger partial charge in [-0.05, 0) is 42.0 Å². The van der Waals surface area contributed by atoms with E-state index >= 15 is 0 Å². The van der Waals surface area contributed by atoms with Crippen LogP contribution in [0.2, 0.25) is 5.02 Å². The minimum absolute atomic E-state index is 0.171. The van der Waals surface area contributed by atoms with E-state index in [1.807, 2.05) is 12.1 Å². The Morgan fingerprint density at radius 2 is 1.55 bits per heavy atom. The summed E-state index contributed by atoms with van der Waals surface area (Å²) in [6, 6.07) is 21.7. The van der Waals surface area contributed by atoms with Crippen molar-refractivity contribution in [2.24, 2.45) is 0 Å². The third-order valence-corrected chi connectivity index (χ3v) is 7.53. The van der Waals surface area contributed by atoms with Crippen LogP contribution in [-0.4, -0.2) is 67.6 Å². The number of piperazine rings is 1. The SMILES string of the molecule is Fc1ccc(CN2CCN(c3nnc(Nc4ccc(N5CCOCC5)cc4)c4ccccc34)CC2)cc1Cl. The van der Waals surface area contributed by atoms with Gasteiger partial charge in [0.15, 0.2) is 11.6 Å². The number of halogens is 2. The highest BCUT2D eigenvalue weighted by molar-refractivity contribution is 6.30. The summed E-state index contributed by atoms with van der Waals surface area (Å²) in [6.07, 6.45) is 0. The van der Waals surface area contributed by atoms with E-state index < -0.39 is 0 Å². The number of hydrogen-bond donors (Lipinski definition) is 1. The molecule has 1 N–H and O–H groups in total. The van der Waals surface area contributed by atoms with Gasteiger partial charge < -0.3 is 19.9 Å². The van der Waals surface area contributed by atoms with Gasteiger partial charge in [0.05, 0.1) is 18.2 Å². The van der Waals surface area contributed by atoms with Crippen molar-refractivity contribution in [3.63, 3.8) is 0 Å². The van der Waals surface area contributed by atoms with Crippen molar-refractivity contribution in [1.82, 2.24) is 15.1 Å². The van der Waals surface area contributed by atoms with Crippen LogP contribution in [0.4, 0.5) is 27.4 Å². The molecule has 2 saturated heterocycles. The summed E-state index contributed by atoms with van der Waals surface area (Å²) in [7, 11) is 0. The maximum absolute atomic E-state index is 13.5. The van der Waals surface area contributed by atoms with Crippen LogP contribution in [0.25, 0.3) is 10.8 Å². The third-order valence-electron chi connectivity index (χ3n) is 7.24. The molecule has 0 radical (unpaired) electrons. The molecule has 0 spiro atoms. The molecule has 2 aliphatic rings. The maximum Gasteiger partial charge on any atom is 0.161 e. The molecule has 0 saturated carbocycles. The number of morpholine rings is 1. The smallest absolute Gasteiger partial charge is 0.161 e. The van der Waals surface area contributed by atoms with Gasteiger partial charge in [-0.1, -0.05) is 41.9 Å². The van der Waals surface area contributed by atoms with Crippen LogP contribution in [0, 0.1) is 5.82 Å². The molecule has 1 aromatic heterocycles. The second-order valence-electron chi connectivity index (χ2n) is 9.70. The Labute approximate surface area is 226 Å². The minimum atomic E-state index is -0.381. The molecule has 3 heterocycles. The minimum Gasteiger partial charge on any atom is -0.378 e. The van der Waals surface area contributed by atoms with Crippen LogP contribution in [0.15, 0.2) is 66.7 Å². The van der Waals surface area contributed by atoms with Crippen LogP contribution in [-0.2, 0) is 11.3 Å². The van der Waals surface area contributed by atoms with Gasteiger partial charge in [0.2, 0.25) is 0 Å². The Hall–Kier alpha value is -3.46. The molecule has 0 amide bonds. The first-order valence-electron chi connectivity index (χ1n) is 13.0. The average molecular weight is 533 g/mol. The molecule has 196 valence electrons. The second-order valence-corrected chi connectivity index (χ2v) is 10.1. The van der Waals surface area contributed by atoms with Crippen LogP contribution in [0.1, 0.15) is 5.56 Å². The van der Waals surface area contributed by atoms with Gasteiger partial charge in [-0.2, -0.15) is 0 Å². The predicted octanol–water partition coefficient (Wildman–Crippen LogP) is 5.32. The number of aromatic nitrogens is 2. The Morgan fingerprint density at radius 3 is 2.29 bits per heavy atom.